The van der Waals surface area contributed by atoms with Crippen molar-refractivity contribution in [2.75, 3.05) is 0 Å². The molecule has 0 fully saturated rings. The van der Waals surface area contributed by atoms with Gasteiger partial charge in [0.25, 0.3) is 5.91 Å². The van der Waals surface area contributed by atoms with Crippen LogP contribution in [0.4, 0.5) is 0 Å². The zero-order valence-corrected chi connectivity index (χ0v) is 13.2. The summed E-state index contributed by atoms with van der Waals surface area (Å²) >= 11 is 0. The number of nitrogens with zero attached hydrogens (tertiary/aromatic N) is 1. The number of hydrogen-bond donors (Lipinski definition) is 1. The lowest BCUT2D eigenvalue weighted by atomic mass is 10.1. The van der Waals surface area contributed by atoms with E-state index in [1.165, 1.54) is 5.56 Å². The predicted molar refractivity (Wildman–Crippen MR) is 94.8 cm³/mol. The highest BCUT2D eigenvalue weighted by Crippen LogP contribution is 2.15. The molecule has 0 aliphatic heterocycles. The highest BCUT2D eigenvalue weighted by Gasteiger charge is 2.06. The number of carbonyl (C=O) groups is 1. The number of nitrogens with one attached hydrogen (secondary N) is 1. The van der Waals surface area contributed by atoms with Gasteiger partial charge in [0.15, 0.2) is 0 Å². The maximum absolute atomic E-state index is 12.3. The Morgan fingerprint density at radius 2 is 1.52 bits per heavy atom. The number of hydrazone groups is 1. The third-order valence-corrected chi connectivity index (χ3v) is 3.81. The zero-order chi connectivity index (χ0) is 16.2. The Balaban J connectivity index is 1.77. The Bertz CT molecular complexity index is 880. The fraction of sp³-hybridized carbons (Fsp3) is 0.100. The van der Waals surface area contributed by atoms with Crippen molar-refractivity contribution in [3.05, 3.63) is 83.4 Å². The van der Waals surface area contributed by atoms with Gasteiger partial charge in [-0.1, -0.05) is 60.2 Å². The van der Waals surface area contributed by atoms with Crippen molar-refractivity contribution >= 4 is 22.4 Å². The van der Waals surface area contributed by atoms with Crippen LogP contribution in [0, 0.1) is 6.92 Å². The molecule has 1 N–H and O–H groups in total. The number of aryl methyl sites for hydroxylation is 1. The molecule has 0 atom stereocenters. The molecule has 3 aromatic rings. The topological polar surface area (TPSA) is 41.5 Å². The summed E-state index contributed by atoms with van der Waals surface area (Å²) in [5.41, 5.74) is 6.19. The van der Waals surface area contributed by atoms with E-state index in [-0.39, 0.29) is 5.91 Å². The molecule has 3 heteroatoms. The molecule has 0 heterocycles. The largest absolute Gasteiger partial charge is 0.271 e. The molecule has 0 aliphatic rings. The molecule has 0 aromatic heterocycles. The summed E-state index contributed by atoms with van der Waals surface area (Å²) in [4.78, 5) is 12.3. The van der Waals surface area contributed by atoms with E-state index < -0.39 is 0 Å². The SMILES string of the molecule is C/C(=N/NC(=O)c1ccc2ccccc2c1)c1ccc(C)cc1. The number of hydrogen-bond acceptors (Lipinski definition) is 2. The number of rotatable bonds is 3. The first-order valence-electron chi connectivity index (χ1n) is 7.54. The van der Waals surface area contributed by atoms with E-state index in [0.29, 0.717) is 5.56 Å². The van der Waals surface area contributed by atoms with Gasteiger partial charge in [0.2, 0.25) is 0 Å². The predicted octanol–water partition coefficient (Wildman–Crippen LogP) is 4.30. The monoisotopic (exact) mass is 302 g/mol. The van der Waals surface area contributed by atoms with Crippen LogP contribution in [0.1, 0.15) is 28.4 Å². The Morgan fingerprint density at radius 1 is 0.870 bits per heavy atom. The van der Waals surface area contributed by atoms with Crippen molar-refractivity contribution in [1.82, 2.24) is 5.43 Å². The first-order chi connectivity index (χ1) is 11.1. The van der Waals surface area contributed by atoms with E-state index in [4.69, 9.17) is 0 Å². The molecule has 0 spiro atoms. The highest BCUT2D eigenvalue weighted by molar-refractivity contribution is 6.02. The molecule has 23 heavy (non-hydrogen) atoms. The summed E-state index contributed by atoms with van der Waals surface area (Å²) < 4.78 is 0. The van der Waals surface area contributed by atoms with Crippen LogP contribution < -0.4 is 5.43 Å². The van der Waals surface area contributed by atoms with E-state index in [9.17, 15) is 4.79 Å². The first-order valence-corrected chi connectivity index (χ1v) is 7.54. The Labute approximate surface area is 135 Å². The molecule has 0 unspecified atom stereocenters. The van der Waals surface area contributed by atoms with Gasteiger partial charge in [-0.15, -0.1) is 0 Å². The normalized spacial score (nSPS) is 11.5. The van der Waals surface area contributed by atoms with Crippen LogP contribution in [0.3, 0.4) is 0 Å². The molecule has 114 valence electrons. The summed E-state index contributed by atoms with van der Waals surface area (Å²) in [7, 11) is 0. The summed E-state index contributed by atoms with van der Waals surface area (Å²) in [6.45, 7) is 3.92. The first kappa shape index (κ1) is 15.0. The van der Waals surface area contributed by atoms with Crippen LogP contribution in [-0.2, 0) is 0 Å². The average Bonchev–Trinajstić information content (AvgIpc) is 2.59. The molecule has 3 nitrogen and oxygen atoms in total. The second-order valence-electron chi connectivity index (χ2n) is 5.57. The van der Waals surface area contributed by atoms with Crippen molar-refractivity contribution in [2.45, 2.75) is 13.8 Å². The molecule has 0 radical (unpaired) electrons. The lowest BCUT2D eigenvalue weighted by Gasteiger charge is -2.05. The van der Waals surface area contributed by atoms with E-state index in [1.54, 1.807) is 0 Å². The number of carbonyl (C=O) groups excluding carboxylic acids is 1. The van der Waals surface area contributed by atoms with E-state index in [0.717, 1.165) is 22.0 Å². The van der Waals surface area contributed by atoms with Gasteiger partial charge in [0.05, 0.1) is 5.71 Å². The van der Waals surface area contributed by atoms with Gasteiger partial charge in [-0.3, -0.25) is 4.79 Å². The van der Waals surface area contributed by atoms with Gasteiger partial charge >= 0.3 is 0 Å². The fourth-order valence-electron chi connectivity index (χ4n) is 2.39. The standard InChI is InChI=1S/C20H18N2O/c1-14-7-9-16(10-8-14)15(2)21-22-20(23)19-12-11-17-5-3-4-6-18(17)13-19/h3-13H,1-2H3,(H,22,23)/b21-15-. The molecule has 0 bridgehead atoms. The van der Waals surface area contributed by atoms with Crippen molar-refractivity contribution < 1.29 is 4.79 Å². The van der Waals surface area contributed by atoms with Gasteiger partial charge in [0, 0.05) is 5.56 Å². The maximum Gasteiger partial charge on any atom is 0.271 e. The molecule has 3 aromatic carbocycles. The fourth-order valence-corrected chi connectivity index (χ4v) is 2.39. The Morgan fingerprint density at radius 3 is 2.26 bits per heavy atom. The molecular formula is C20H18N2O. The second kappa shape index (κ2) is 6.44. The van der Waals surface area contributed by atoms with E-state index in [1.807, 2.05) is 80.6 Å². The molecule has 0 saturated heterocycles. The van der Waals surface area contributed by atoms with Gasteiger partial charge in [-0.2, -0.15) is 5.10 Å². The van der Waals surface area contributed by atoms with Crippen LogP contribution in [0.5, 0.6) is 0 Å². The summed E-state index contributed by atoms with van der Waals surface area (Å²) in [5.74, 6) is -0.206. The minimum Gasteiger partial charge on any atom is -0.267 e. The molecular weight excluding hydrogens is 284 g/mol. The minimum atomic E-state index is -0.206. The van der Waals surface area contributed by atoms with Crippen molar-refractivity contribution in [1.29, 1.82) is 0 Å². The zero-order valence-electron chi connectivity index (χ0n) is 13.2. The smallest absolute Gasteiger partial charge is 0.267 e. The molecule has 0 saturated carbocycles. The molecule has 3 rings (SSSR count). The van der Waals surface area contributed by atoms with Gasteiger partial charge in [-0.05, 0) is 42.3 Å². The minimum absolute atomic E-state index is 0.206. The highest BCUT2D eigenvalue weighted by atomic mass is 16.2. The van der Waals surface area contributed by atoms with Crippen molar-refractivity contribution in [2.24, 2.45) is 5.10 Å². The number of amides is 1. The lowest BCUT2D eigenvalue weighted by molar-refractivity contribution is 0.0955. The number of benzene rings is 3. The third kappa shape index (κ3) is 3.46. The average molecular weight is 302 g/mol. The second-order valence-corrected chi connectivity index (χ2v) is 5.57. The van der Waals surface area contributed by atoms with E-state index >= 15 is 0 Å². The lowest BCUT2D eigenvalue weighted by Crippen LogP contribution is -2.19. The maximum atomic E-state index is 12.3. The van der Waals surface area contributed by atoms with E-state index in [2.05, 4.69) is 10.5 Å². The van der Waals surface area contributed by atoms with Gasteiger partial charge in [0.1, 0.15) is 0 Å². The van der Waals surface area contributed by atoms with Crippen LogP contribution in [0.2, 0.25) is 0 Å². The van der Waals surface area contributed by atoms with Crippen LogP contribution in [0.25, 0.3) is 10.8 Å². The summed E-state index contributed by atoms with van der Waals surface area (Å²) in [6.07, 6.45) is 0. The van der Waals surface area contributed by atoms with Gasteiger partial charge < -0.3 is 0 Å². The number of fused-ring (bicyclic) bond motifs is 1. The van der Waals surface area contributed by atoms with Crippen LogP contribution in [-0.4, -0.2) is 11.6 Å². The quantitative estimate of drug-likeness (QED) is 0.568. The van der Waals surface area contributed by atoms with Crippen molar-refractivity contribution in [3.63, 3.8) is 0 Å². The Hall–Kier alpha value is -2.94. The van der Waals surface area contributed by atoms with Gasteiger partial charge in [-0.25, -0.2) is 5.43 Å². The Kier molecular flexibility index (Phi) is 4.20. The van der Waals surface area contributed by atoms with Crippen LogP contribution in [0.15, 0.2) is 71.8 Å². The molecule has 0 aliphatic carbocycles. The molecule has 1 amide bonds. The summed E-state index contributed by atoms with van der Waals surface area (Å²) in [5, 5.41) is 6.35. The van der Waals surface area contributed by atoms with Crippen molar-refractivity contribution in [3.8, 4) is 0 Å². The third-order valence-electron chi connectivity index (χ3n) is 3.81. The summed E-state index contributed by atoms with van der Waals surface area (Å²) in [6, 6.07) is 21.6. The van der Waals surface area contributed by atoms with Crippen LogP contribution >= 0.6 is 0 Å².